The lowest BCUT2D eigenvalue weighted by atomic mass is 10.0. The third-order valence-electron chi connectivity index (χ3n) is 1.80. The SMILES string of the molecule is C=C(C)c1cc(C#N)cc(CS)c1. The zero-order chi connectivity index (χ0) is 9.84. The molecule has 0 heterocycles. The predicted octanol–water partition coefficient (Wildman–Crippen LogP) is 3.02. The van der Waals surface area contributed by atoms with E-state index in [0.717, 1.165) is 16.7 Å². The van der Waals surface area contributed by atoms with Crippen LogP contribution >= 0.6 is 12.6 Å². The van der Waals surface area contributed by atoms with Crippen LogP contribution in [0.3, 0.4) is 0 Å². The molecule has 0 spiro atoms. The first-order valence-electron chi connectivity index (χ1n) is 3.98. The maximum atomic E-state index is 8.76. The number of allylic oxidation sites excluding steroid dienone is 1. The minimum Gasteiger partial charge on any atom is -0.192 e. The van der Waals surface area contributed by atoms with Crippen LogP contribution in [-0.2, 0) is 5.75 Å². The smallest absolute Gasteiger partial charge is 0.0991 e. The minimum atomic E-state index is 0.649. The number of nitrogens with zero attached hydrogens (tertiary/aromatic N) is 1. The van der Waals surface area contributed by atoms with Gasteiger partial charge in [-0.15, -0.1) is 0 Å². The first-order valence-corrected chi connectivity index (χ1v) is 4.61. The van der Waals surface area contributed by atoms with E-state index in [9.17, 15) is 0 Å². The molecule has 0 amide bonds. The lowest BCUT2D eigenvalue weighted by Gasteiger charge is -2.03. The van der Waals surface area contributed by atoms with Crippen molar-refractivity contribution in [3.05, 3.63) is 41.5 Å². The summed E-state index contributed by atoms with van der Waals surface area (Å²) in [4.78, 5) is 0. The molecule has 0 N–H and O–H groups in total. The van der Waals surface area contributed by atoms with Gasteiger partial charge in [0, 0.05) is 5.75 Å². The van der Waals surface area contributed by atoms with Crippen molar-refractivity contribution in [3.63, 3.8) is 0 Å². The van der Waals surface area contributed by atoms with E-state index in [1.54, 1.807) is 0 Å². The highest BCUT2D eigenvalue weighted by Gasteiger charge is 1.99. The molecule has 0 radical (unpaired) electrons. The molecule has 1 aromatic rings. The molecule has 0 bridgehead atoms. The van der Waals surface area contributed by atoms with Gasteiger partial charge in [-0.05, 0) is 30.2 Å². The second kappa shape index (κ2) is 4.15. The molecule has 0 fully saturated rings. The summed E-state index contributed by atoms with van der Waals surface area (Å²) in [6, 6.07) is 7.82. The van der Waals surface area contributed by atoms with Crippen molar-refractivity contribution >= 4 is 18.2 Å². The number of benzene rings is 1. The van der Waals surface area contributed by atoms with Crippen molar-refractivity contribution in [2.75, 3.05) is 0 Å². The standard InChI is InChI=1S/C11H11NS/c1-8(2)11-4-9(6-12)3-10(5-11)7-13/h3-5,13H,1,7H2,2H3. The number of hydrogen-bond acceptors (Lipinski definition) is 2. The van der Waals surface area contributed by atoms with Crippen molar-refractivity contribution in [2.24, 2.45) is 0 Å². The number of hydrogen-bond donors (Lipinski definition) is 1. The third kappa shape index (κ3) is 2.37. The van der Waals surface area contributed by atoms with Crippen LogP contribution in [0, 0.1) is 11.3 Å². The van der Waals surface area contributed by atoms with Gasteiger partial charge >= 0.3 is 0 Å². The van der Waals surface area contributed by atoms with Crippen LogP contribution in [0.4, 0.5) is 0 Å². The Morgan fingerprint density at radius 3 is 2.69 bits per heavy atom. The highest BCUT2D eigenvalue weighted by atomic mass is 32.1. The fourth-order valence-electron chi connectivity index (χ4n) is 1.09. The van der Waals surface area contributed by atoms with E-state index >= 15 is 0 Å². The quantitative estimate of drug-likeness (QED) is 0.710. The van der Waals surface area contributed by atoms with Gasteiger partial charge in [0.1, 0.15) is 0 Å². The molecular formula is C11H11NS. The Morgan fingerprint density at radius 2 is 2.23 bits per heavy atom. The summed E-state index contributed by atoms with van der Waals surface area (Å²) in [6.45, 7) is 5.77. The molecule has 1 nitrogen and oxygen atoms in total. The highest BCUT2D eigenvalue weighted by Crippen LogP contribution is 2.17. The zero-order valence-corrected chi connectivity index (χ0v) is 8.44. The molecule has 66 valence electrons. The molecule has 2 heteroatoms. The predicted molar refractivity (Wildman–Crippen MR) is 58.6 cm³/mol. The molecule has 1 aromatic carbocycles. The number of rotatable bonds is 2. The topological polar surface area (TPSA) is 23.8 Å². The van der Waals surface area contributed by atoms with Crippen molar-refractivity contribution in [1.82, 2.24) is 0 Å². The normalized spacial score (nSPS) is 9.31. The Morgan fingerprint density at radius 1 is 1.54 bits per heavy atom. The van der Waals surface area contributed by atoms with E-state index in [1.165, 1.54) is 0 Å². The average Bonchev–Trinajstić information content (AvgIpc) is 2.16. The molecule has 0 aliphatic rings. The Bertz CT molecular complexity index is 374. The minimum absolute atomic E-state index is 0.649. The summed E-state index contributed by atoms with van der Waals surface area (Å²) in [5.74, 6) is 0.649. The summed E-state index contributed by atoms with van der Waals surface area (Å²) >= 11 is 4.17. The van der Waals surface area contributed by atoms with E-state index in [-0.39, 0.29) is 0 Å². The second-order valence-electron chi connectivity index (χ2n) is 2.97. The van der Waals surface area contributed by atoms with Crippen molar-refractivity contribution in [3.8, 4) is 6.07 Å². The van der Waals surface area contributed by atoms with Gasteiger partial charge in [-0.1, -0.05) is 18.2 Å². The third-order valence-corrected chi connectivity index (χ3v) is 2.16. The molecule has 0 aromatic heterocycles. The van der Waals surface area contributed by atoms with Crippen LogP contribution in [-0.4, -0.2) is 0 Å². The molecule has 13 heavy (non-hydrogen) atoms. The van der Waals surface area contributed by atoms with Gasteiger partial charge in [-0.3, -0.25) is 0 Å². The van der Waals surface area contributed by atoms with Gasteiger partial charge in [0.05, 0.1) is 11.6 Å². The van der Waals surface area contributed by atoms with E-state index in [2.05, 4.69) is 25.3 Å². The van der Waals surface area contributed by atoms with Gasteiger partial charge in [0.25, 0.3) is 0 Å². The first-order chi connectivity index (χ1) is 6.17. The number of thiol groups is 1. The molecule has 0 aliphatic heterocycles. The largest absolute Gasteiger partial charge is 0.192 e. The molecular weight excluding hydrogens is 178 g/mol. The van der Waals surface area contributed by atoms with Crippen LogP contribution in [0.5, 0.6) is 0 Å². The number of nitriles is 1. The van der Waals surface area contributed by atoms with E-state index < -0.39 is 0 Å². The van der Waals surface area contributed by atoms with Crippen LogP contribution in [0.15, 0.2) is 24.8 Å². The summed E-state index contributed by atoms with van der Waals surface area (Å²) in [5.41, 5.74) is 3.72. The van der Waals surface area contributed by atoms with Crippen molar-refractivity contribution in [1.29, 1.82) is 5.26 Å². The maximum absolute atomic E-state index is 8.76. The van der Waals surface area contributed by atoms with Crippen molar-refractivity contribution < 1.29 is 0 Å². The molecule has 0 atom stereocenters. The summed E-state index contributed by atoms with van der Waals surface area (Å²) in [6.07, 6.45) is 0. The van der Waals surface area contributed by atoms with Crippen molar-refractivity contribution in [2.45, 2.75) is 12.7 Å². The molecule has 0 saturated carbocycles. The monoisotopic (exact) mass is 189 g/mol. The fourth-order valence-corrected chi connectivity index (χ4v) is 1.28. The van der Waals surface area contributed by atoms with Gasteiger partial charge in [0.15, 0.2) is 0 Å². The maximum Gasteiger partial charge on any atom is 0.0991 e. The Hall–Kier alpha value is -1.20. The van der Waals surface area contributed by atoms with Gasteiger partial charge in [0.2, 0.25) is 0 Å². The second-order valence-corrected chi connectivity index (χ2v) is 3.29. The van der Waals surface area contributed by atoms with E-state index in [0.29, 0.717) is 11.3 Å². The summed E-state index contributed by atoms with van der Waals surface area (Å²) in [5, 5.41) is 8.76. The Labute approximate surface area is 84.1 Å². The first kappa shape index (κ1) is 9.88. The van der Waals surface area contributed by atoms with Gasteiger partial charge < -0.3 is 0 Å². The fraction of sp³-hybridized carbons (Fsp3) is 0.182. The Balaban J connectivity index is 3.24. The highest BCUT2D eigenvalue weighted by molar-refractivity contribution is 7.79. The zero-order valence-electron chi connectivity index (χ0n) is 7.54. The van der Waals surface area contributed by atoms with E-state index in [4.69, 9.17) is 5.26 Å². The lowest BCUT2D eigenvalue weighted by molar-refractivity contribution is 1.37. The van der Waals surface area contributed by atoms with Crippen LogP contribution < -0.4 is 0 Å². The molecule has 1 rings (SSSR count). The Kier molecular flexibility index (Phi) is 3.16. The lowest BCUT2D eigenvalue weighted by Crippen LogP contribution is -1.86. The van der Waals surface area contributed by atoms with Crippen LogP contribution in [0.1, 0.15) is 23.6 Å². The van der Waals surface area contributed by atoms with Crippen LogP contribution in [0.25, 0.3) is 5.57 Å². The summed E-state index contributed by atoms with van der Waals surface area (Å²) in [7, 11) is 0. The molecule has 0 aliphatic carbocycles. The summed E-state index contributed by atoms with van der Waals surface area (Å²) < 4.78 is 0. The molecule has 0 saturated heterocycles. The molecule has 0 unspecified atom stereocenters. The average molecular weight is 189 g/mol. The van der Waals surface area contributed by atoms with Gasteiger partial charge in [-0.25, -0.2) is 0 Å². The van der Waals surface area contributed by atoms with Crippen LogP contribution in [0.2, 0.25) is 0 Å². The van der Waals surface area contributed by atoms with Gasteiger partial charge in [-0.2, -0.15) is 17.9 Å². The van der Waals surface area contributed by atoms with E-state index in [1.807, 2.05) is 25.1 Å².